The summed E-state index contributed by atoms with van der Waals surface area (Å²) in [5.41, 5.74) is 6.94. The molecule has 0 aliphatic heterocycles. The van der Waals surface area contributed by atoms with E-state index >= 15 is 0 Å². The van der Waals surface area contributed by atoms with Crippen molar-refractivity contribution >= 4 is 0 Å². The molecule has 1 aromatic rings. The van der Waals surface area contributed by atoms with E-state index in [2.05, 4.69) is 4.90 Å². The molecule has 0 aliphatic carbocycles. The third-order valence-corrected chi connectivity index (χ3v) is 2.95. The Bertz CT molecular complexity index is 397. The van der Waals surface area contributed by atoms with E-state index in [0.29, 0.717) is 0 Å². The third kappa shape index (κ3) is 3.15. The zero-order valence-electron chi connectivity index (χ0n) is 12.2. The fraction of sp³-hybridized carbons (Fsp3) is 0.571. The topological polar surface area (TPSA) is 47.7 Å². The van der Waals surface area contributed by atoms with Crippen molar-refractivity contribution in [2.75, 3.05) is 28.3 Å². The number of methoxy groups -OCH3 is 2. The standard InChI is InChI=1S/C14H24N2O2/c1-14(2,15)13(16(3)4)11-9-10(17-5)7-8-12(11)18-6/h7-9,13H,15H2,1-6H3. The summed E-state index contributed by atoms with van der Waals surface area (Å²) in [7, 11) is 7.35. The van der Waals surface area contributed by atoms with E-state index in [9.17, 15) is 0 Å². The summed E-state index contributed by atoms with van der Waals surface area (Å²) >= 11 is 0. The molecular weight excluding hydrogens is 228 g/mol. The maximum atomic E-state index is 6.29. The van der Waals surface area contributed by atoms with Crippen LogP contribution in [0.3, 0.4) is 0 Å². The van der Waals surface area contributed by atoms with Gasteiger partial charge in [0.15, 0.2) is 0 Å². The Labute approximate surface area is 110 Å². The monoisotopic (exact) mass is 252 g/mol. The van der Waals surface area contributed by atoms with Gasteiger partial charge in [0.05, 0.1) is 20.3 Å². The Kier molecular flexibility index (Phi) is 4.59. The maximum absolute atomic E-state index is 6.29. The molecule has 4 heteroatoms. The van der Waals surface area contributed by atoms with Crippen LogP contribution in [-0.2, 0) is 0 Å². The van der Waals surface area contributed by atoms with Crippen LogP contribution in [0.4, 0.5) is 0 Å². The van der Waals surface area contributed by atoms with E-state index in [0.717, 1.165) is 17.1 Å². The molecule has 0 aliphatic rings. The number of nitrogens with two attached hydrogens (primary N) is 1. The Morgan fingerprint density at radius 1 is 1.17 bits per heavy atom. The van der Waals surface area contributed by atoms with Crippen LogP contribution in [0.15, 0.2) is 18.2 Å². The van der Waals surface area contributed by atoms with Crippen molar-refractivity contribution in [3.8, 4) is 11.5 Å². The predicted octanol–water partition coefficient (Wildman–Crippen LogP) is 2.04. The smallest absolute Gasteiger partial charge is 0.123 e. The van der Waals surface area contributed by atoms with E-state index < -0.39 is 0 Å². The van der Waals surface area contributed by atoms with Gasteiger partial charge in [-0.05, 0) is 46.1 Å². The number of hydrogen-bond acceptors (Lipinski definition) is 4. The fourth-order valence-electron chi connectivity index (χ4n) is 2.40. The number of nitrogens with zero attached hydrogens (tertiary/aromatic N) is 1. The Hall–Kier alpha value is -1.26. The van der Waals surface area contributed by atoms with E-state index in [1.54, 1.807) is 14.2 Å². The molecule has 0 spiro atoms. The second-order valence-electron chi connectivity index (χ2n) is 5.30. The second-order valence-corrected chi connectivity index (χ2v) is 5.30. The molecular formula is C14H24N2O2. The molecule has 0 bridgehead atoms. The van der Waals surface area contributed by atoms with Crippen LogP contribution in [0.1, 0.15) is 25.5 Å². The van der Waals surface area contributed by atoms with Crippen LogP contribution < -0.4 is 15.2 Å². The first-order valence-electron chi connectivity index (χ1n) is 5.98. The normalized spacial score (nSPS) is 13.6. The van der Waals surface area contributed by atoms with Gasteiger partial charge in [0.1, 0.15) is 11.5 Å². The molecule has 0 amide bonds. The first kappa shape index (κ1) is 14.8. The van der Waals surface area contributed by atoms with Gasteiger partial charge in [0, 0.05) is 11.1 Å². The number of hydrogen-bond donors (Lipinski definition) is 1. The van der Waals surface area contributed by atoms with Crippen LogP contribution in [0.2, 0.25) is 0 Å². The van der Waals surface area contributed by atoms with E-state index in [1.165, 1.54) is 0 Å². The summed E-state index contributed by atoms with van der Waals surface area (Å²) in [6.07, 6.45) is 0. The summed E-state index contributed by atoms with van der Waals surface area (Å²) in [5.74, 6) is 1.63. The van der Waals surface area contributed by atoms with Crippen molar-refractivity contribution in [2.45, 2.75) is 25.4 Å². The van der Waals surface area contributed by atoms with Gasteiger partial charge in [-0.15, -0.1) is 0 Å². The van der Waals surface area contributed by atoms with Crippen molar-refractivity contribution in [1.29, 1.82) is 0 Å². The molecule has 1 rings (SSSR count). The molecule has 1 aromatic carbocycles. The van der Waals surface area contributed by atoms with E-state index in [-0.39, 0.29) is 11.6 Å². The highest BCUT2D eigenvalue weighted by Gasteiger charge is 2.31. The molecule has 0 radical (unpaired) electrons. The van der Waals surface area contributed by atoms with Crippen LogP contribution in [0, 0.1) is 0 Å². The lowest BCUT2D eigenvalue weighted by Crippen LogP contribution is -2.46. The predicted molar refractivity (Wildman–Crippen MR) is 74.2 cm³/mol. The molecule has 102 valence electrons. The summed E-state index contributed by atoms with van der Waals surface area (Å²) in [4.78, 5) is 2.09. The van der Waals surface area contributed by atoms with Crippen molar-refractivity contribution in [3.63, 3.8) is 0 Å². The van der Waals surface area contributed by atoms with Crippen molar-refractivity contribution in [1.82, 2.24) is 4.90 Å². The Morgan fingerprint density at radius 3 is 2.17 bits per heavy atom. The first-order chi connectivity index (χ1) is 8.31. The van der Waals surface area contributed by atoms with Gasteiger partial charge < -0.3 is 20.1 Å². The molecule has 4 nitrogen and oxygen atoms in total. The van der Waals surface area contributed by atoms with Crippen LogP contribution in [-0.4, -0.2) is 38.8 Å². The van der Waals surface area contributed by atoms with Crippen molar-refractivity contribution in [3.05, 3.63) is 23.8 Å². The van der Waals surface area contributed by atoms with Crippen molar-refractivity contribution < 1.29 is 9.47 Å². The number of rotatable bonds is 5. The van der Waals surface area contributed by atoms with Gasteiger partial charge in [0.25, 0.3) is 0 Å². The Morgan fingerprint density at radius 2 is 1.78 bits per heavy atom. The van der Waals surface area contributed by atoms with Gasteiger partial charge in [0.2, 0.25) is 0 Å². The van der Waals surface area contributed by atoms with Crippen LogP contribution >= 0.6 is 0 Å². The van der Waals surface area contributed by atoms with Gasteiger partial charge in [-0.2, -0.15) is 0 Å². The lowest BCUT2D eigenvalue weighted by Gasteiger charge is -2.37. The van der Waals surface area contributed by atoms with E-state index in [1.807, 2.05) is 46.1 Å². The SMILES string of the molecule is COc1ccc(OC)c(C(N(C)C)C(C)(C)N)c1. The minimum absolute atomic E-state index is 0.0440. The number of likely N-dealkylation sites (N-methyl/N-ethyl adjacent to an activating group) is 1. The summed E-state index contributed by atoms with van der Waals surface area (Å²) in [5, 5.41) is 0. The molecule has 1 unspecified atom stereocenters. The molecule has 0 saturated carbocycles. The zero-order valence-corrected chi connectivity index (χ0v) is 12.2. The molecule has 18 heavy (non-hydrogen) atoms. The zero-order chi connectivity index (χ0) is 13.9. The minimum Gasteiger partial charge on any atom is -0.497 e. The van der Waals surface area contributed by atoms with Crippen LogP contribution in [0.25, 0.3) is 0 Å². The van der Waals surface area contributed by atoms with Crippen LogP contribution in [0.5, 0.6) is 11.5 Å². The van der Waals surface area contributed by atoms with Gasteiger partial charge in [-0.25, -0.2) is 0 Å². The lowest BCUT2D eigenvalue weighted by atomic mass is 9.88. The third-order valence-electron chi connectivity index (χ3n) is 2.95. The molecule has 2 N–H and O–H groups in total. The number of benzene rings is 1. The highest BCUT2D eigenvalue weighted by molar-refractivity contribution is 5.43. The largest absolute Gasteiger partial charge is 0.497 e. The van der Waals surface area contributed by atoms with Gasteiger partial charge in [-0.1, -0.05) is 0 Å². The highest BCUT2D eigenvalue weighted by atomic mass is 16.5. The second kappa shape index (κ2) is 5.59. The first-order valence-corrected chi connectivity index (χ1v) is 5.98. The summed E-state index contributed by atoms with van der Waals surface area (Å²) in [6, 6.07) is 5.83. The molecule has 0 saturated heterocycles. The molecule has 0 heterocycles. The average Bonchev–Trinajstić information content (AvgIpc) is 2.26. The summed E-state index contributed by atoms with van der Waals surface area (Å²) in [6.45, 7) is 4.02. The highest BCUT2D eigenvalue weighted by Crippen LogP contribution is 2.36. The van der Waals surface area contributed by atoms with Crippen molar-refractivity contribution in [2.24, 2.45) is 5.73 Å². The average molecular weight is 252 g/mol. The minimum atomic E-state index is -0.386. The molecule has 1 atom stereocenters. The number of ether oxygens (including phenoxy) is 2. The Balaban J connectivity index is 3.34. The molecule has 0 fully saturated rings. The van der Waals surface area contributed by atoms with E-state index in [4.69, 9.17) is 15.2 Å². The summed E-state index contributed by atoms with van der Waals surface area (Å²) < 4.78 is 10.7. The fourth-order valence-corrected chi connectivity index (χ4v) is 2.40. The molecule has 0 aromatic heterocycles. The van der Waals surface area contributed by atoms with Gasteiger partial charge >= 0.3 is 0 Å². The quantitative estimate of drug-likeness (QED) is 0.871. The lowest BCUT2D eigenvalue weighted by molar-refractivity contribution is 0.199. The van der Waals surface area contributed by atoms with Gasteiger partial charge in [-0.3, -0.25) is 0 Å². The maximum Gasteiger partial charge on any atom is 0.123 e.